The third-order valence-corrected chi connectivity index (χ3v) is 12.5. The van der Waals surface area contributed by atoms with Gasteiger partial charge in [0.25, 0.3) is 0 Å². The van der Waals surface area contributed by atoms with Gasteiger partial charge in [-0.15, -0.1) is 0 Å². The monoisotopic (exact) mass is 1050 g/mol. The van der Waals surface area contributed by atoms with Gasteiger partial charge in [-0.25, -0.2) is 0 Å². The van der Waals surface area contributed by atoms with E-state index in [1.807, 2.05) is 0 Å². The van der Waals surface area contributed by atoms with Gasteiger partial charge in [-0.05, 0) is 141 Å². The van der Waals surface area contributed by atoms with E-state index < -0.39 is 6.10 Å². The first-order valence-corrected chi connectivity index (χ1v) is 30.8. The van der Waals surface area contributed by atoms with E-state index in [9.17, 15) is 14.4 Å². The predicted octanol–water partition coefficient (Wildman–Crippen LogP) is 21.2. The molecule has 76 heavy (non-hydrogen) atoms. The summed E-state index contributed by atoms with van der Waals surface area (Å²) in [5, 5.41) is 0. The van der Waals surface area contributed by atoms with Crippen LogP contribution >= 0.6 is 0 Å². The SMILES string of the molecule is CC/C=C\C/C=C\C/C=C\C/C=C\C/C=C\C/C=C\C/C=C\C/C=C\CCCCC(=O)OCC(COC(=O)CCCCCCC/C=C\CCC)OC(=O)CCCCCCCC/C=C\C/C=C\C/C=C\CCCCCCC. The van der Waals surface area contributed by atoms with Crippen molar-refractivity contribution in [2.75, 3.05) is 13.2 Å². The molecule has 0 amide bonds. The summed E-state index contributed by atoms with van der Waals surface area (Å²) in [5.41, 5.74) is 0. The van der Waals surface area contributed by atoms with Gasteiger partial charge >= 0.3 is 17.9 Å². The molecule has 0 N–H and O–H groups in total. The molecule has 6 nitrogen and oxygen atoms in total. The van der Waals surface area contributed by atoms with Crippen molar-refractivity contribution in [2.45, 2.75) is 264 Å². The molecule has 0 bridgehead atoms. The van der Waals surface area contributed by atoms with Gasteiger partial charge in [0.05, 0.1) is 0 Å². The summed E-state index contributed by atoms with van der Waals surface area (Å²) < 4.78 is 16.8. The van der Waals surface area contributed by atoms with Gasteiger partial charge in [-0.2, -0.15) is 0 Å². The van der Waals surface area contributed by atoms with Crippen molar-refractivity contribution in [3.8, 4) is 0 Å². The van der Waals surface area contributed by atoms with Crippen LogP contribution in [-0.2, 0) is 28.6 Å². The molecule has 1 atom stereocenters. The fourth-order valence-corrected chi connectivity index (χ4v) is 7.94. The molecule has 0 saturated carbocycles. The van der Waals surface area contributed by atoms with Crippen LogP contribution in [0.15, 0.2) is 146 Å². The highest BCUT2D eigenvalue weighted by Crippen LogP contribution is 2.13. The zero-order chi connectivity index (χ0) is 55.0. The van der Waals surface area contributed by atoms with Crippen molar-refractivity contribution >= 4 is 17.9 Å². The minimum Gasteiger partial charge on any atom is -0.462 e. The Labute approximate surface area is 467 Å². The lowest BCUT2D eigenvalue weighted by atomic mass is 10.1. The largest absolute Gasteiger partial charge is 0.462 e. The number of carbonyl (C=O) groups is 3. The molecule has 0 radical (unpaired) electrons. The maximum absolute atomic E-state index is 12.9. The third kappa shape index (κ3) is 60.2. The average Bonchev–Trinajstić information content (AvgIpc) is 3.42. The quantitative estimate of drug-likeness (QED) is 0.0261. The van der Waals surface area contributed by atoms with Crippen LogP contribution in [0.4, 0.5) is 0 Å². The van der Waals surface area contributed by atoms with Crippen LogP contribution < -0.4 is 0 Å². The minimum absolute atomic E-state index is 0.107. The summed E-state index contributed by atoms with van der Waals surface area (Å²) in [6.45, 7) is 6.39. The van der Waals surface area contributed by atoms with Gasteiger partial charge in [0.15, 0.2) is 6.10 Å². The standard InChI is InChI=1S/C70H112O6/c1-4-7-10-13-16-19-22-24-26-28-30-32-33-34-35-36-37-39-40-42-44-46-48-51-54-57-60-63-69(72)75-66-67(65-74-68(71)62-59-56-53-50-21-18-15-12-9-6-3)76-70(73)64-61-58-55-52-49-47-45-43-41-38-31-29-27-25-23-20-17-14-11-8-5-2/h7,10,12,15-16,19,23-26,29-32,34-35,37,39,41-44,48,51,67H,4-6,8-9,11,13-14,17-18,20-22,27-28,33,36,38,40,45-47,49-50,52-66H2,1-3H3/b10-7-,15-12-,19-16-,25-23-,26-24-,31-29-,32-30-,35-34-,39-37-,43-41-,44-42-,51-48-. The Morgan fingerprint density at radius 3 is 0.895 bits per heavy atom. The Morgan fingerprint density at radius 2 is 0.539 bits per heavy atom. The molecule has 428 valence electrons. The number of esters is 3. The van der Waals surface area contributed by atoms with Gasteiger partial charge in [-0.3, -0.25) is 14.4 Å². The van der Waals surface area contributed by atoms with E-state index in [-0.39, 0.29) is 31.1 Å². The molecular weight excluding hydrogens is 937 g/mol. The number of unbranched alkanes of at least 4 members (excludes halogenated alkanes) is 19. The number of allylic oxidation sites excluding steroid dienone is 24. The molecule has 0 aliphatic rings. The lowest BCUT2D eigenvalue weighted by Gasteiger charge is -2.18. The summed E-state index contributed by atoms with van der Waals surface area (Å²) in [5.74, 6) is -0.980. The van der Waals surface area contributed by atoms with Crippen molar-refractivity contribution in [1.29, 1.82) is 0 Å². The fraction of sp³-hybridized carbons (Fsp3) is 0.614. The summed E-state index contributed by atoms with van der Waals surface area (Å²) in [6.07, 6.45) is 90.0. The number of ether oxygens (including phenoxy) is 3. The van der Waals surface area contributed by atoms with Gasteiger partial charge in [0.2, 0.25) is 0 Å². The highest BCUT2D eigenvalue weighted by Gasteiger charge is 2.19. The lowest BCUT2D eigenvalue weighted by molar-refractivity contribution is -0.167. The summed E-state index contributed by atoms with van der Waals surface area (Å²) in [4.78, 5) is 38.2. The molecule has 0 rings (SSSR count). The third-order valence-electron chi connectivity index (χ3n) is 12.5. The number of hydrogen-bond donors (Lipinski definition) is 0. The van der Waals surface area contributed by atoms with E-state index in [0.717, 1.165) is 148 Å². The van der Waals surface area contributed by atoms with Crippen molar-refractivity contribution < 1.29 is 28.6 Å². The normalized spacial score (nSPS) is 13.1. The zero-order valence-corrected chi connectivity index (χ0v) is 49.0. The van der Waals surface area contributed by atoms with Crippen LogP contribution in [0, 0.1) is 0 Å². The highest BCUT2D eigenvalue weighted by molar-refractivity contribution is 5.71. The number of rotatable bonds is 54. The topological polar surface area (TPSA) is 78.9 Å². The first-order valence-electron chi connectivity index (χ1n) is 30.8. The van der Waals surface area contributed by atoms with Crippen LogP contribution in [0.1, 0.15) is 258 Å². The molecule has 0 heterocycles. The molecule has 0 aromatic carbocycles. The van der Waals surface area contributed by atoms with Gasteiger partial charge < -0.3 is 14.2 Å². The second-order valence-electron chi connectivity index (χ2n) is 19.9. The molecule has 0 aromatic heterocycles. The van der Waals surface area contributed by atoms with E-state index in [0.29, 0.717) is 25.7 Å². The van der Waals surface area contributed by atoms with Crippen molar-refractivity contribution in [3.63, 3.8) is 0 Å². The Morgan fingerprint density at radius 1 is 0.276 bits per heavy atom. The Bertz CT molecular complexity index is 1680. The fourth-order valence-electron chi connectivity index (χ4n) is 7.94. The van der Waals surface area contributed by atoms with Crippen LogP contribution in [-0.4, -0.2) is 37.2 Å². The molecular formula is C70H112O6. The van der Waals surface area contributed by atoms with Crippen LogP contribution in [0.5, 0.6) is 0 Å². The van der Waals surface area contributed by atoms with Crippen LogP contribution in [0.25, 0.3) is 0 Å². The van der Waals surface area contributed by atoms with Gasteiger partial charge in [0, 0.05) is 19.3 Å². The molecule has 6 heteroatoms. The molecule has 0 spiro atoms. The van der Waals surface area contributed by atoms with Crippen LogP contribution in [0.3, 0.4) is 0 Å². The second-order valence-corrected chi connectivity index (χ2v) is 19.9. The van der Waals surface area contributed by atoms with Gasteiger partial charge in [-0.1, -0.05) is 244 Å². The maximum atomic E-state index is 12.9. The van der Waals surface area contributed by atoms with E-state index in [4.69, 9.17) is 14.2 Å². The average molecular weight is 1050 g/mol. The summed E-state index contributed by atoms with van der Waals surface area (Å²) in [7, 11) is 0. The molecule has 0 aliphatic carbocycles. The Hall–Kier alpha value is -4.71. The minimum atomic E-state index is -0.813. The van der Waals surface area contributed by atoms with Gasteiger partial charge in [0.1, 0.15) is 13.2 Å². The van der Waals surface area contributed by atoms with Crippen molar-refractivity contribution in [1.82, 2.24) is 0 Å². The number of carbonyl (C=O) groups excluding carboxylic acids is 3. The van der Waals surface area contributed by atoms with E-state index in [1.54, 1.807) is 0 Å². The molecule has 0 aliphatic heterocycles. The van der Waals surface area contributed by atoms with E-state index >= 15 is 0 Å². The molecule has 0 saturated heterocycles. The summed E-state index contributed by atoms with van der Waals surface area (Å²) >= 11 is 0. The van der Waals surface area contributed by atoms with E-state index in [1.165, 1.54) is 64.2 Å². The van der Waals surface area contributed by atoms with Crippen molar-refractivity contribution in [3.05, 3.63) is 146 Å². The zero-order valence-electron chi connectivity index (χ0n) is 49.0. The molecule has 0 aromatic rings. The maximum Gasteiger partial charge on any atom is 0.306 e. The lowest BCUT2D eigenvalue weighted by Crippen LogP contribution is -2.30. The molecule has 1 unspecified atom stereocenters. The molecule has 0 fully saturated rings. The smallest absolute Gasteiger partial charge is 0.306 e. The van der Waals surface area contributed by atoms with Crippen LogP contribution in [0.2, 0.25) is 0 Å². The highest BCUT2D eigenvalue weighted by atomic mass is 16.6. The summed E-state index contributed by atoms with van der Waals surface area (Å²) in [6, 6.07) is 0. The van der Waals surface area contributed by atoms with Crippen molar-refractivity contribution in [2.24, 2.45) is 0 Å². The predicted molar refractivity (Wildman–Crippen MR) is 329 cm³/mol. The first kappa shape index (κ1) is 71.3. The number of hydrogen-bond acceptors (Lipinski definition) is 6. The first-order chi connectivity index (χ1) is 37.5. The second kappa shape index (κ2) is 62.8. The van der Waals surface area contributed by atoms with E-state index in [2.05, 4.69) is 167 Å². The Kier molecular flexibility index (Phi) is 58.9. The Balaban J connectivity index is 4.42.